The van der Waals surface area contributed by atoms with Crippen LogP contribution < -0.4 is 9.62 Å². The molecule has 0 saturated heterocycles. The van der Waals surface area contributed by atoms with E-state index in [2.05, 4.69) is 4.72 Å². The third-order valence-corrected chi connectivity index (χ3v) is 7.86. The molecule has 0 fully saturated rings. The molecule has 0 radical (unpaired) electrons. The number of fused-ring (bicyclic) bond motifs is 1. The minimum Gasteiger partial charge on any atom is -0.467 e. The molecule has 0 aliphatic carbocycles. The Morgan fingerprint density at radius 2 is 1.74 bits per heavy atom. The average Bonchev–Trinajstić information content (AvgIpc) is 3.53. The van der Waals surface area contributed by atoms with Crippen LogP contribution in [0.3, 0.4) is 0 Å². The second-order valence-corrected chi connectivity index (χ2v) is 10.6. The summed E-state index contributed by atoms with van der Waals surface area (Å²) >= 11 is 1.43. The second-order valence-electron chi connectivity index (χ2n) is 7.88. The van der Waals surface area contributed by atoms with E-state index in [1.165, 1.54) is 23.5 Å². The SMILES string of the molecule is Cc1cccc2sc(N(Cc3ccco3)C(=O)c3ccc(NS(=O)(=O)c4ccccc4)cc3)nc12. The van der Waals surface area contributed by atoms with Crippen LogP contribution in [0.1, 0.15) is 21.7 Å². The van der Waals surface area contributed by atoms with Crippen molar-refractivity contribution in [1.29, 1.82) is 0 Å². The number of thiazole rings is 1. The molecule has 1 amide bonds. The fourth-order valence-corrected chi connectivity index (χ4v) is 5.75. The number of carbonyl (C=O) groups is 1. The number of aryl methyl sites for hydroxylation is 1. The van der Waals surface area contributed by atoms with E-state index in [-0.39, 0.29) is 17.3 Å². The predicted molar refractivity (Wildman–Crippen MR) is 137 cm³/mol. The van der Waals surface area contributed by atoms with Crippen molar-refractivity contribution < 1.29 is 17.6 Å². The molecule has 3 aromatic carbocycles. The van der Waals surface area contributed by atoms with Crippen molar-refractivity contribution in [2.75, 3.05) is 9.62 Å². The predicted octanol–water partition coefficient (Wildman–Crippen LogP) is 5.85. The van der Waals surface area contributed by atoms with Gasteiger partial charge in [-0.25, -0.2) is 13.4 Å². The summed E-state index contributed by atoms with van der Waals surface area (Å²) in [6.45, 7) is 2.20. The van der Waals surface area contributed by atoms with Gasteiger partial charge in [-0.1, -0.05) is 41.7 Å². The summed E-state index contributed by atoms with van der Waals surface area (Å²) < 4.78 is 34.2. The lowest BCUT2D eigenvalue weighted by atomic mass is 10.2. The lowest BCUT2D eigenvalue weighted by Gasteiger charge is -2.19. The summed E-state index contributed by atoms with van der Waals surface area (Å²) in [6.07, 6.45) is 1.56. The molecule has 5 aromatic rings. The van der Waals surface area contributed by atoms with Crippen LogP contribution in [0.2, 0.25) is 0 Å². The van der Waals surface area contributed by atoms with Gasteiger partial charge in [0.15, 0.2) is 5.13 Å². The van der Waals surface area contributed by atoms with E-state index in [9.17, 15) is 13.2 Å². The number of amides is 1. The lowest BCUT2D eigenvalue weighted by Crippen LogP contribution is -2.30. The molecule has 2 heterocycles. The largest absolute Gasteiger partial charge is 0.467 e. The number of aromatic nitrogens is 1. The Balaban J connectivity index is 1.43. The van der Waals surface area contributed by atoms with Gasteiger partial charge in [-0.2, -0.15) is 0 Å². The van der Waals surface area contributed by atoms with E-state index in [0.717, 1.165) is 15.8 Å². The van der Waals surface area contributed by atoms with Gasteiger partial charge >= 0.3 is 0 Å². The normalized spacial score (nSPS) is 11.5. The molecule has 176 valence electrons. The Bertz CT molecular complexity index is 1580. The van der Waals surface area contributed by atoms with E-state index in [1.54, 1.807) is 65.8 Å². The zero-order valence-corrected chi connectivity index (χ0v) is 20.3. The van der Waals surface area contributed by atoms with Gasteiger partial charge in [-0.3, -0.25) is 14.4 Å². The molecule has 0 bridgehead atoms. The fourth-order valence-electron chi connectivity index (χ4n) is 3.63. The zero-order valence-electron chi connectivity index (χ0n) is 18.7. The maximum Gasteiger partial charge on any atom is 0.261 e. The first kappa shape index (κ1) is 22.8. The highest BCUT2D eigenvalue weighted by Crippen LogP contribution is 2.32. The molecule has 0 unspecified atom stereocenters. The number of sulfonamides is 1. The Hall–Kier alpha value is -3.95. The van der Waals surface area contributed by atoms with Crippen molar-refractivity contribution in [2.45, 2.75) is 18.4 Å². The highest BCUT2D eigenvalue weighted by molar-refractivity contribution is 7.92. The minimum absolute atomic E-state index is 0.163. The molecule has 35 heavy (non-hydrogen) atoms. The number of carbonyl (C=O) groups excluding carboxylic acids is 1. The van der Waals surface area contributed by atoms with Gasteiger partial charge in [0.05, 0.1) is 27.9 Å². The van der Waals surface area contributed by atoms with E-state index in [4.69, 9.17) is 9.40 Å². The summed E-state index contributed by atoms with van der Waals surface area (Å²) in [6, 6.07) is 24.0. The smallest absolute Gasteiger partial charge is 0.261 e. The molecule has 7 nitrogen and oxygen atoms in total. The second kappa shape index (κ2) is 9.36. The van der Waals surface area contributed by atoms with Crippen molar-refractivity contribution in [2.24, 2.45) is 0 Å². The number of para-hydroxylation sites is 1. The standard InChI is InChI=1S/C26H21N3O4S2/c1-18-7-5-11-23-24(18)27-26(34-23)29(17-21-8-6-16-33-21)25(30)19-12-14-20(15-13-19)28-35(31,32)22-9-3-2-4-10-22/h2-16,28H,17H2,1H3. The molecule has 0 atom stereocenters. The number of hydrogen-bond acceptors (Lipinski definition) is 6. The van der Waals surface area contributed by atoms with E-state index in [1.807, 2.05) is 25.1 Å². The maximum atomic E-state index is 13.6. The van der Waals surface area contributed by atoms with Crippen LogP contribution in [0.5, 0.6) is 0 Å². The topological polar surface area (TPSA) is 92.5 Å². The van der Waals surface area contributed by atoms with Gasteiger partial charge in [-0.05, 0) is 67.1 Å². The van der Waals surface area contributed by atoms with Crippen LogP contribution in [0.25, 0.3) is 10.2 Å². The molecular formula is C26H21N3O4S2. The Kier molecular flexibility index (Phi) is 6.10. The van der Waals surface area contributed by atoms with Crippen LogP contribution in [-0.4, -0.2) is 19.3 Å². The van der Waals surface area contributed by atoms with Crippen LogP contribution in [0.4, 0.5) is 10.8 Å². The number of nitrogens with zero attached hydrogens (tertiary/aromatic N) is 2. The highest BCUT2D eigenvalue weighted by Gasteiger charge is 2.23. The van der Waals surface area contributed by atoms with Crippen molar-refractivity contribution in [3.8, 4) is 0 Å². The van der Waals surface area contributed by atoms with Gasteiger partial charge in [0, 0.05) is 11.3 Å². The number of rotatable bonds is 7. The molecule has 0 aliphatic heterocycles. The van der Waals surface area contributed by atoms with Crippen molar-refractivity contribution in [1.82, 2.24) is 4.98 Å². The molecule has 2 aromatic heterocycles. The number of furan rings is 1. The lowest BCUT2D eigenvalue weighted by molar-refractivity contribution is 0.0983. The first-order valence-electron chi connectivity index (χ1n) is 10.8. The van der Waals surface area contributed by atoms with Crippen LogP contribution >= 0.6 is 11.3 Å². The fraction of sp³-hybridized carbons (Fsp3) is 0.0769. The molecule has 0 aliphatic rings. The third-order valence-electron chi connectivity index (χ3n) is 5.42. The van der Waals surface area contributed by atoms with Crippen LogP contribution in [0, 0.1) is 6.92 Å². The van der Waals surface area contributed by atoms with Gasteiger partial charge in [0.1, 0.15) is 5.76 Å². The number of anilines is 2. The minimum atomic E-state index is -3.73. The summed E-state index contributed by atoms with van der Waals surface area (Å²) in [5.41, 5.74) is 2.65. The first-order valence-corrected chi connectivity index (χ1v) is 13.1. The van der Waals surface area contributed by atoms with Gasteiger partial charge in [0.25, 0.3) is 15.9 Å². The maximum absolute atomic E-state index is 13.6. The Morgan fingerprint density at radius 1 is 0.971 bits per heavy atom. The Morgan fingerprint density at radius 3 is 2.43 bits per heavy atom. The van der Waals surface area contributed by atoms with Crippen molar-refractivity contribution in [3.63, 3.8) is 0 Å². The monoisotopic (exact) mass is 503 g/mol. The molecule has 0 saturated carbocycles. The van der Waals surface area contributed by atoms with E-state index in [0.29, 0.717) is 22.1 Å². The van der Waals surface area contributed by atoms with Crippen LogP contribution in [-0.2, 0) is 16.6 Å². The van der Waals surface area contributed by atoms with Crippen LogP contribution in [0.15, 0.2) is 101 Å². The molecule has 5 rings (SSSR count). The molecular weight excluding hydrogens is 482 g/mol. The first-order chi connectivity index (χ1) is 16.9. The van der Waals surface area contributed by atoms with Gasteiger partial charge < -0.3 is 4.42 Å². The number of benzene rings is 3. The van der Waals surface area contributed by atoms with Crippen molar-refractivity contribution in [3.05, 3.63) is 108 Å². The number of hydrogen-bond donors (Lipinski definition) is 1. The summed E-state index contributed by atoms with van der Waals surface area (Å²) in [5, 5.41) is 0.560. The molecule has 9 heteroatoms. The summed E-state index contributed by atoms with van der Waals surface area (Å²) in [5.74, 6) is 0.358. The Labute approximate surface area is 206 Å². The van der Waals surface area contributed by atoms with E-state index < -0.39 is 10.0 Å². The third kappa shape index (κ3) is 4.82. The number of nitrogens with one attached hydrogen (secondary N) is 1. The molecule has 1 N–H and O–H groups in total. The zero-order chi connectivity index (χ0) is 24.4. The quantitative estimate of drug-likeness (QED) is 0.301. The van der Waals surface area contributed by atoms with Crippen molar-refractivity contribution >= 4 is 48.3 Å². The highest BCUT2D eigenvalue weighted by atomic mass is 32.2. The van der Waals surface area contributed by atoms with Gasteiger partial charge in [0.2, 0.25) is 0 Å². The summed E-state index contributed by atoms with van der Waals surface area (Å²) in [7, 11) is -3.73. The molecule has 0 spiro atoms. The average molecular weight is 504 g/mol. The van der Waals surface area contributed by atoms with Gasteiger partial charge in [-0.15, -0.1) is 0 Å². The van der Waals surface area contributed by atoms with E-state index >= 15 is 0 Å². The summed E-state index contributed by atoms with van der Waals surface area (Å²) in [4.78, 5) is 20.0.